The van der Waals surface area contributed by atoms with E-state index in [9.17, 15) is 0 Å². The Kier molecular flexibility index (Phi) is 2.91. The zero-order chi connectivity index (χ0) is 11.5. The van der Waals surface area contributed by atoms with Crippen LogP contribution in [0.4, 0.5) is 0 Å². The Morgan fingerprint density at radius 1 is 1.06 bits per heavy atom. The van der Waals surface area contributed by atoms with Crippen LogP contribution in [0.15, 0.2) is 36.7 Å². The van der Waals surface area contributed by atoms with Crippen LogP contribution < -0.4 is 0 Å². The van der Waals surface area contributed by atoms with Gasteiger partial charge in [-0.25, -0.2) is 0 Å². The summed E-state index contributed by atoms with van der Waals surface area (Å²) in [5.41, 5.74) is 3.60. The van der Waals surface area contributed by atoms with Crippen molar-refractivity contribution in [3.63, 3.8) is 0 Å². The van der Waals surface area contributed by atoms with Crippen molar-refractivity contribution in [3.8, 4) is 0 Å². The second-order valence-electron chi connectivity index (χ2n) is 3.54. The van der Waals surface area contributed by atoms with Crippen LogP contribution in [0.3, 0.4) is 0 Å². The number of nitrogens with zero attached hydrogens (tertiary/aromatic N) is 1. The molecule has 0 spiro atoms. The van der Waals surface area contributed by atoms with Gasteiger partial charge in [0.2, 0.25) is 0 Å². The Balaban J connectivity index is 0.000000457. The molecule has 0 bridgehead atoms. The van der Waals surface area contributed by atoms with Crippen LogP contribution in [-0.4, -0.2) is 9.97 Å². The van der Waals surface area contributed by atoms with E-state index >= 15 is 0 Å². The molecular weight excluding hydrogens is 196 g/mol. The smallest absolute Gasteiger partial charge is 0.0651 e. The van der Waals surface area contributed by atoms with E-state index in [1.165, 1.54) is 21.9 Å². The first-order valence-corrected chi connectivity index (χ1v) is 5.67. The van der Waals surface area contributed by atoms with Gasteiger partial charge in [-0.3, -0.25) is 4.98 Å². The minimum absolute atomic E-state index is 1.11. The molecule has 2 heterocycles. The SMILES string of the molecule is CC.Cc1cccc2[nH]c3cnccc3c12. The maximum atomic E-state index is 4.11. The third kappa shape index (κ3) is 1.56. The van der Waals surface area contributed by atoms with Crippen molar-refractivity contribution in [1.82, 2.24) is 9.97 Å². The Morgan fingerprint density at radius 2 is 1.88 bits per heavy atom. The van der Waals surface area contributed by atoms with Crippen LogP contribution in [-0.2, 0) is 0 Å². The molecule has 1 N–H and O–H groups in total. The van der Waals surface area contributed by atoms with Gasteiger partial charge >= 0.3 is 0 Å². The van der Waals surface area contributed by atoms with Gasteiger partial charge in [0.05, 0.1) is 11.7 Å². The third-order valence-corrected chi connectivity index (χ3v) is 2.63. The molecule has 0 unspecified atom stereocenters. The summed E-state index contributed by atoms with van der Waals surface area (Å²) < 4.78 is 0. The van der Waals surface area contributed by atoms with Crippen molar-refractivity contribution in [3.05, 3.63) is 42.2 Å². The summed E-state index contributed by atoms with van der Waals surface area (Å²) in [7, 11) is 0. The number of H-pyrrole nitrogens is 1. The molecule has 2 aromatic heterocycles. The van der Waals surface area contributed by atoms with E-state index in [0.717, 1.165) is 5.52 Å². The lowest BCUT2D eigenvalue weighted by atomic mass is 10.1. The maximum Gasteiger partial charge on any atom is 0.0651 e. The van der Waals surface area contributed by atoms with Gasteiger partial charge in [-0.05, 0) is 24.6 Å². The average molecular weight is 212 g/mol. The van der Waals surface area contributed by atoms with E-state index in [4.69, 9.17) is 0 Å². The molecule has 82 valence electrons. The van der Waals surface area contributed by atoms with Gasteiger partial charge in [-0.15, -0.1) is 0 Å². The Morgan fingerprint density at radius 3 is 2.69 bits per heavy atom. The van der Waals surface area contributed by atoms with Gasteiger partial charge < -0.3 is 4.98 Å². The first-order valence-electron chi connectivity index (χ1n) is 5.67. The number of hydrogen-bond acceptors (Lipinski definition) is 1. The number of nitrogens with one attached hydrogen (secondary N) is 1. The van der Waals surface area contributed by atoms with E-state index in [2.05, 4.69) is 41.2 Å². The number of aromatic nitrogens is 2. The van der Waals surface area contributed by atoms with Crippen LogP contribution in [0.1, 0.15) is 19.4 Å². The monoisotopic (exact) mass is 212 g/mol. The highest BCUT2D eigenvalue weighted by atomic mass is 14.7. The number of benzene rings is 1. The Bertz CT molecular complexity index is 608. The number of aromatic amines is 1. The van der Waals surface area contributed by atoms with Crippen molar-refractivity contribution in [2.75, 3.05) is 0 Å². The van der Waals surface area contributed by atoms with Crippen LogP contribution in [0.2, 0.25) is 0 Å². The number of aryl methyl sites for hydroxylation is 1. The van der Waals surface area contributed by atoms with Crippen molar-refractivity contribution in [1.29, 1.82) is 0 Å². The van der Waals surface area contributed by atoms with Gasteiger partial charge in [0.1, 0.15) is 0 Å². The van der Waals surface area contributed by atoms with E-state index in [1.807, 2.05) is 26.2 Å². The van der Waals surface area contributed by atoms with Gasteiger partial charge in [0.15, 0.2) is 0 Å². The normalized spacial score (nSPS) is 10.2. The Hall–Kier alpha value is -1.83. The van der Waals surface area contributed by atoms with Gasteiger partial charge in [-0.2, -0.15) is 0 Å². The molecule has 0 fully saturated rings. The minimum Gasteiger partial charge on any atom is -0.353 e. The molecule has 0 aliphatic rings. The van der Waals surface area contributed by atoms with Crippen LogP contribution >= 0.6 is 0 Å². The molecule has 3 aromatic rings. The summed E-state index contributed by atoms with van der Waals surface area (Å²) in [6, 6.07) is 8.36. The fourth-order valence-electron chi connectivity index (χ4n) is 1.99. The first kappa shape index (κ1) is 10.7. The fourth-order valence-corrected chi connectivity index (χ4v) is 1.99. The third-order valence-electron chi connectivity index (χ3n) is 2.63. The second kappa shape index (κ2) is 4.35. The first-order chi connectivity index (χ1) is 7.86. The quantitative estimate of drug-likeness (QED) is 0.598. The summed E-state index contributed by atoms with van der Waals surface area (Å²) in [5, 5.41) is 2.57. The lowest BCUT2D eigenvalue weighted by Gasteiger charge is -1.94. The van der Waals surface area contributed by atoms with E-state index in [-0.39, 0.29) is 0 Å². The highest BCUT2D eigenvalue weighted by molar-refractivity contribution is 6.08. The van der Waals surface area contributed by atoms with Crippen molar-refractivity contribution in [2.24, 2.45) is 0 Å². The van der Waals surface area contributed by atoms with E-state index in [0.29, 0.717) is 0 Å². The molecule has 0 aliphatic heterocycles. The molecule has 0 saturated heterocycles. The zero-order valence-electron chi connectivity index (χ0n) is 9.91. The number of rotatable bonds is 0. The van der Waals surface area contributed by atoms with Crippen LogP contribution in [0, 0.1) is 6.92 Å². The van der Waals surface area contributed by atoms with Gasteiger partial charge in [0, 0.05) is 22.5 Å². The summed E-state index contributed by atoms with van der Waals surface area (Å²) in [6.07, 6.45) is 3.71. The average Bonchev–Trinajstić information content (AvgIpc) is 2.71. The molecule has 1 aromatic carbocycles. The number of hydrogen-bond donors (Lipinski definition) is 1. The molecule has 3 rings (SSSR count). The molecule has 2 nitrogen and oxygen atoms in total. The zero-order valence-corrected chi connectivity index (χ0v) is 9.91. The minimum atomic E-state index is 1.11. The van der Waals surface area contributed by atoms with E-state index in [1.54, 1.807) is 0 Å². The standard InChI is InChI=1S/C12H10N2.C2H6/c1-8-3-2-4-10-12(8)9-5-6-13-7-11(9)14-10;1-2/h2-7,14H,1H3;1-2H3. The summed E-state index contributed by atoms with van der Waals surface area (Å²) >= 11 is 0. The van der Waals surface area contributed by atoms with Crippen LogP contribution in [0.5, 0.6) is 0 Å². The van der Waals surface area contributed by atoms with Gasteiger partial charge in [-0.1, -0.05) is 26.0 Å². The predicted molar refractivity (Wildman–Crippen MR) is 69.7 cm³/mol. The van der Waals surface area contributed by atoms with Crippen molar-refractivity contribution >= 4 is 21.8 Å². The molecular formula is C14H16N2. The lowest BCUT2D eigenvalue weighted by molar-refractivity contribution is 1.35. The topological polar surface area (TPSA) is 28.7 Å². The fraction of sp³-hybridized carbons (Fsp3) is 0.214. The Labute approximate surface area is 95.3 Å². The molecule has 0 amide bonds. The summed E-state index contributed by atoms with van der Waals surface area (Å²) in [6.45, 7) is 6.13. The highest BCUT2D eigenvalue weighted by Gasteiger charge is 2.04. The lowest BCUT2D eigenvalue weighted by Crippen LogP contribution is -1.73. The molecule has 0 saturated carbocycles. The van der Waals surface area contributed by atoms with Gasteiger partial charge in [0.25, 0.3) is 0 Å². The number of fused-ring (bicyclic) bond motifs is 3. The van der Waals surface area contributed by atoms with Crippen LogP contribution in [0.25, 0.3) is 21.8 Å². The van der Waals surface area contributed by atoms with Crippen molar-refractivity contribution in [2.45, 2.75) is 20.8 Å². The number of pyridine rings is 1. The molecule has 2 heteroatoms. The molecule has 0 atom stereocenters. The highest BCUT2D eigenvalue weighted by Crippen LogP contribution is 2.26. The summed E-state index contributed by atoms with van der Waals surface area (Å²) in [5.74, 6) is 0. The molecule has 16 heavy (non-hydrogen) atoms. The second-order valence-corrected chi connectivity index (χ2v) is 3.54. The molecule has 0 aliphatic carbocycles. The molecule has 0 radical (unpaired) electrons. The van der Waals surface area contributed by atoms with E-state index < -0.39 is 0 Å². The predicted octanol–water partition coefficient (Wildman–Crippen LogP) is 4.05. The van der Waals surface area contributed by atoms with Crippen molar-refractivity contribution < 1.29 is 0 Å². The maximum absolute atomic E-state index is 4.11. The summed E-state index contributed by atoms with van der Waals surface area (Å²) in [4.78, 5) is 7.46. The largest absolute Gasteiger partial charge is 0.353 e.